The lowest BCUT2D eigenvalue weighted by Crippen LogP contribution is -2.35. The van der Waals surface area contributed by atoms with Gasteiger partial charge in [-0.25, -0.2) is 18.9 Å². The third-order valence-corrected chi connectivity index (χ3v) is 4.99. The molecular formula is C23H30N8O7. The lowest BCUT2D eigenvalue weighted by Gasteiger charge is -1.99. The number of rotatable bonds is 4. The number of H-pyrrole nitrogens is 2. The maximum absolute atomic E-state index is 11.7. The third-order valence-electron chi connectivity index (χ3n) is 4.99. The highest BCUT2D eigenvalue weighted by Crippen LogP contribution is 2.13. The van der Waals surface area contributed by atoms with E-state index in [1.165, 1.54) is 40.7 Å². The van der Waals surface area contributed by atoms with Crippen LogP contribution in [0.3, 0.4) is 0 Å². The maximum Gasteiger partial charge on any atom is 0.343 e. The summed E-state index contributed by atoms with van der Waals surface area (Å²) in [6.45, 7) is 7.49. The van der Waals surface area contributed by atoms with Crippen LogP contribution in [0.25, 0.3) is 5.65 Å². The van der Waals surface area contributed by atoms with Crippen molar-refractivity contribution in [3.63, 3.8) is 0 Å². The third kappa shape index (κ3) is 6.83. The summed E-state index contributed by atoms with van der Waals surface area (Å²) in [4.78, 5) is 58.2. The van der Waals surface area contributed by atoms with Crippen LogP contribution in [0, 0.1) is 13.8 Å². The fourth-order valence-electron chi connectivity index (χ4n) is 3.11. The lowest BCUT2D eigenvalue weighted by atomic mass is 10.2. The lowest BCUT2D eigenvalue weighted by molar-refractivity contribution is 0.0517. The molecule has 0 saturated heterocycles. The number of carbonyl (C=O) groups excluding carboxylic acids is 2. The Kier molecular flexibility index (Phi) is 9.90. The Morgan fingerprint density at radius 3 is 2.11 bits per heavy atom. The average Bonchev–Trinajstić information content (AvgIpc) is 3.38. The molecule has 4 aromatic heterocycles. The number of nitrogens with zero attached hydrogens (tertiary/aromatic N) is 5. The van der Waals surface area contributed by atoms with Crippen molar-refractivity contribution < 1.29 is 19.1 Å². The van der Waals surface area contributed by atoms with Crippen molar-refractivity contribution in [3.05, 3.63) is 78.2 Å². The number of aromatic nitrogens is 7. The molecule has 4 aromatic rings. The zero-order valence-corrected chi connectivity index (χ0v) is 21.9. The van der Waals surface area contributed by atoms with Gasteiger partial charge in [0.25, 0.3) is 11.1 Å². The Morgan fingerprint density at radius 2 is 1.58 bits per heavy atom. The van der Waals surface area contributed by atoms with Crippen LogP contribution in [0.15, 0.2) is 38.9 Å². The normalized spacial score (nSPS) is 10.2. The van der Waals surface area contributed by atoms with E-state index < -0.39 is 11.9 Å². The molecule has 0 bridgehead atoms. The molecule has 38 heavy (non-hydrogen) atoms. The minimum absolute atomic E-state index is 0.186. The molecule has 4 rings (SSSR count). The number of nitrogens with one attached hydrogen (secondary N) is 2. The molecule has 0 aromatic carbocycles. The van der Waals surface area contributed by atoms with E-state index in [0.29, 0.717) is 34.8 Å². The van der Waals surface area contributed by atoms with Gasteiger partial charge >= 0.3 is 17.6 Å². The van der Waals surface area contributed by atoms with Gasteiger partial charge < -0.3 is 24.8 Å². The van der Waals surface area contributed by atoms with E-state index in [0.717, 1.165) is 4.57 Å². The molecule has 4 heterocycles. The van der Waals surface area contributed by atoms with Crippen LogP contribution in [0.1, 0.15) is 46.0 Å². The average molecular weight is 531 g/mol. The Labute approximate surface area is 215 Å². The van der Waals surface area contributed by atoms with Crippen molar-refractivity contribution in [2.75, 3.05) is 18.9 Å². The first-order chi connectivity index (χ1) is 17.9. The number of esters is 2. The van der Waals surface area contributed by atoms with Gasteiger partial charge in [0.15, 0.2) is 11.5 Å². The van der Waals surface area contributed by atoms with Gasteiger partial charge in [0.1, 0.15) is 11.1 Å². The second kappa shape index (κ2) is 12.8. The number of carbonyl (C=O) groups is 2. The number of fused-ring (bicyclic) bond motifs is 1. The molecule has 0 amide bonds. The van der Waals surface area contributed by atoms with E-state index in [-0.39, 0.29) is 29.2 Å². The van der Waals surface area contributed by atoms with Crippen molar-refractivity contribution in [1.29, 1.82) is 0 Å². The first-order valence-electron chi connectivity index (χ1n) is 11.4. The van der Waals surface area contributed by atoms with E-state index in [1.807, 2.05) is 0 Å². The SMILES string of the molecule is CCOC(=O)c1c(C)nn2ccc(=O)[nH]c12.CCOC(=O)c1c(N)n[nH]c1C.Cn1ccc(=O)n(C)c1=O. The zero-order chi connectivity index (χ0) is 28.6. The Morgan fingerprint density at radius 1 is 0.974 bits per heavy atom. The van der Waals surface area contributed by atoms with Gasteiger partial charge in [-0.15, -0.1) is 0 Å². The second-order valence-electron chi connectivity index (χ2n) is 7.71. The van der Waals surface area contributed by atoms with Crippen molar-refractivity contribution in [3.8, 4) is 0 Å². The summed E-state index contributed by atoms with van der Waals surface area (Å²) in [5.74, 6) is -0.718. The monoisotopic (exact) mass is 530 g/mol. The van der Waals surface area contributed by atoms with Crippen LogP contribution in [0.2, 0.25) is 0 Å². The summed E-state index contributed by atoms with van der Waals surface area (Å²) >= 11 is 0. The molecule has 0 unspecified atom stereocenters. The van der Waals surface area contributed by atoms with Crippen LogP contribution in [0.5, 0.6) is 0 Å². The van der Waals surface area contributed by atoms with Crippen LogP contribution in [-0.4, -0.2) is 59.1 Å². The predicted molar refractivity (Wildman–Crippen MR) is 137 cm³/mol. The molecule has 0 aliphatic heterocycles. The molecular weight excluding hydrogens is 500 g/mol. The number of nitrogen functional groups attached to an aromatic ring is 1. The van der Waals surface area contributed by atoms with Crippen LogP contribution < -0.4 is 22.5 Å². The zero-order valence-electron chi connectivity index (χ0n) is 21.9. The largest absolute Gasteiger partial charge is 0.462 e. The molecule has 0 atom stereocenters. The van der Waals surface area contributed by atoms with Gasteiger partial charge in [0, 0.05) is 44.3 Å². The van der Waals surface area contributed by atoms with E-state index in [9.17, 15) is 24.0 Å². The predicted octanol–water partition coefficient (Wildman–Crippen LogP) is 0.0687. The first-order valence-corrected chi connectivity index (χ1v) is 11.4. The number of ether oxygens (including phenoxy) is 2. The molecule has 204 valence electrons. The second-order valence-corrected chi connectivity index (χ2v) is 7.71. The topological polar surface area (TPSA) is 201 Å². The minimum atomic E-state index is -0.475. The summed E-state index contributed by atoms with van der Waals surface area (Å²) in [5.41, 5.74) is 6.73. The Hall–Kier alpha value is -4.95. The molecule has 0 radical (unpaired) electrons. The fraction of sp³-hybridized carbons (Fsp3) is 0.348. The summed E-state index contributed by atoms with van der Waals surface area (Å²) in [6, 6.07) is 2.69. The number of hydrogen-bond acceptors (Lipinski definition) is 10. The van der Waals surface area contributed by atoms with Crippen molar-refractivity contribution >= 4 is 23.4 Å². The van der Waals surface area contributed by atoms with E-state index in [2.05, 4.69) is 20.3 Å². The van der Waals surface area contributed by atoms with Crippen LogP contribution in [-0.2, 0) is 23.6 Å². The maximum atomic E-state index is 11.7. The van der Waals surface area contributed by atoms with Crippen molar-refractivity contribution in [1.82, 2.24) is 33.9 Å². The van der Waals surface area contributed by atoms with E-state index in [4.69, 9.17) is 15.2 Å². The van der Waals surface area contributed by atoms with Gasteiger partial charge in [-0.2, -0.15) is 10.2 Å². The fourth-order valence-corrected chi connectivity index (χ4v) is 3.11. The molecule has 0 spiro atoms. The van der Waals surface area contributed by atoms with Gasteiger partial charge in [-0.3, -0.25) is 19.3 Å². The Bertz CT molecular complexity index is 1590. The Balaban J connectivity index is 0.000000207. The molecule has 15 heteroatoms. The number of hydrogen-bond donors (Lipinski definition) is 3. The highest BCUT2D eigenvalue weighted by molar-refractivity contribution is 5.97. The number of aromatic amines is 2. The highest BCUT2D eigenvalue weighted by Gasteiger charge is 2.19. The standard InChI is InChI=1S/C10H11N3O3.C7H11N3O2.C6H8N2O2/c1-3-16-10(15)8-6(2)12-13-5-4-7(14)11-9(8)13;1-3-12-7(11)5-4(2)9-10-6(5)8;1-7-4-3-5(9)8(2)6(7)10/h4-5H,3H2,1-2H3,(H,11,14);3H2,1-2H3,(H3,8,9,10);3-4H,1-2H3. The summed E-state index contributed by atoms with van der Waals surface area (Å²) in [6.07, 6.45) is 2.95. The molecule has 0 fully saturated rings. The smallest absolute Gasteiger partial charge is 0.343 e. The molecule has 0 aliphatic rings. The summed E-state index contributed by atoms with van der Waals surface area (Å²) in [5, 5.41) is 10.4. The minimum Gasteiger partial charge on any atom is -0.462 e. The van der Waals surface area contributed by atoms with Crippen LogP contribution in [0.4, 0.5) is 5.82 Å². The number of aryl methyl sites for hydroxylation is 3. The molecule has 15 nitrogen and oxygen atoms in total. The highest BCUT2D eigenvalue weighted by atomic mass is 16.5. The quantitative estimate of drug-likeness (QED) is 0.303. The molecule has 0 saturated carbocycles. The van der Waals surface area contributed by atoms with Gasteiger partial charge in [0.05, 0.1) is 18.9 Å². The van der Waals surface area contributed by atoms with E-state index in [1.54, 1.807) is 34.7 Å². The van der Waals surface area contributed by atoms with Gasteiger partial charge in [0.2, 0.25) is 0 Å². The van der Waals surface area contributed by atoms with E-state index >= 15 is 0 Å². The summed E-state index contributed by atoms with van der Waals surface area (Å²) < 4.78 is 13.5. The number of nitrogens with two attached hydrogens (primary N) is 1. The summed E-state index contributed by atoms with van der Waals surface area (Å²) in [7, 11) is 3.05. The van der Waals surface area contributed by atoms with Crippen LogP contribution >= 0.6 is 0 Å². The van der Waals surface area contributed by atoms with Crippen molar-refractivity contribution in [2.45, 2.75) is 27.7 Å². The molecule has 0 aliphatic carbocycles. The number of anilines is 1. The molecule has 4 N–H and O–H groups in total. The van der Waals surface area contributed by atoms with Gasteiger partial charge in [-0.05, 0) is 27.7 Å². The van der Waals surface area contributed by atoms with Crippen molar-refractivity contribution in [2.24, 2.45) is 14.1 Å². The van der Waals surface area contributed by atoms with Gasteiger partial charge in [-0.1, -0.05) is 0 Å². The first kappa shape index (κ1) is 29.3.